The topological polar surface area (TPSA) is 93.0 Å². The largest absolute Gasteiger partial charge is 0.358 e. The Morgan fingerprint density at radius 2 is 1.78 bits per heavy atom. The van der Waals surface area contributed by atoms with E-state index >= 15 is 0 Å². The minimum absolute atomic E-state index is 0.100. The molecule has 7 nitrogen and oxygen atoms in total. The molecule has 2 aromatic carbocycles. The quantitative estimate of drug-likeness (QED) is 0.445. The zero-order valence-electron chi connectivity index (χ0n) is 14.8. The molecule has 0 spiro atoms. The molecule has 3 rings (SSSR count). The van der Waals surface area contributed by atoms with Gasteiger partial charge in [0.2, 0.25) is 11.6 Å². The third kappa shape index (κ3) is 4.15. The van der Waals surface area contributed by atoms with Gasteiger partial charge in [0.05, 0.1) is 11.0 Å². The van der Waals surface area contributed by atoms with Crippen molar-refractivity contribution in [1.29, 1.82) is 0 Å². The van der Waals surface area contributed by atoms with Gasteiger partial charge in [0, 0.05) is 10.7 Å². The van der Waals surface area contributed by atoms with Gasteiger partial charge in [0.15, 0.2) is 0 Å². The van der Waals surface area contributed by atoms with Gasteiger partial charge in [0.25, 0.3) is 0 Å². The lowest BCUT2D eigenvalue weighted by Gasteiger charge is -2.16. The van der Waals surface area contributed by atoms with Crippen molar-refractivity contribution >= 4 is 34.6 Å². The molecule has 1 heterocycles. The van der Waals surface area contributed by atoms with Gasteiger partial charge in [-0.3, -0.25) is 10.1 Å². The van der Waals surface area contributed by atoms with Crippen LogP contribution in [0.1, 0.15) is 24.1 Å². The number of nitrogens with zero attached hydrogens (tertiary/aromatic N) is 3. The van der Waals surface area contributed by atoms with E-state index in [2.05, 4.69) is 20.6 Å². The standard InChI is InChI=1S/C19H18ClN5O2/c1-12-15(20)9-6-10-16(12)24-19-17(25(26)27)18(21-11-22-19)23-13(2)14-7-4-3-5-8-14/h3-11,13H,1-2H3,(H2,21,22,23,24). The van der Waals surface area contributed by atoms with Gasteiger partial charge < -0.3 is 10.6 Å². The number of hydrogen-bond acceptors (Lipinski definition) is 6. The van der Waals surface area contributed by atoms with E-state index in [0.717, 1.165) is 11.1 Å². The summed E-state index contributed by atoms with van der Waals surface area (Å²) in [7, 11) is 0. The first-order chi connectivity index (χ1) is 13.0. The van der Waals surface area contributed by atoms with Crippen LogP contribution < -0.4 is 10.6 Å². The summed E-state index contributed by atoms with van der Waals surface area (Å²) in [5.41, 5.74) is 2.19. The van der Waals surface area contributed by atoms with Crippen LogP contribution in [0.4, 0.5) is 23.0 Å². The Morgan fingerprint density at radius 1 is 1.07 bits per heavy atom. The Balaban J connectivity index is 1.95. The molecular formula is C19H18ClN5O2. The van der Waals surface area contributed by atoms with E-state index in [0.29, 0.717) is 10.7 Å². The fourth-order valence-corrected chi connectivity index (χ4v) is 2.82. The van der Waals surface area contributed by atoms with Crippen LogP contribution in [0, 0.1) is 17.0 Å². The monoisotopic (exact) mass is 383 g/mol. The Morgan fingerprint density at radius 3 is 2.48 bits per heavy atom. The molecule has 2 N–H and O–H groups in total. The molecule has 138 valence electrons. The Bertz CT molecular complexity index is 966. The predicted molar refractivity (Wildman–Crippen MR) is 107 cm³/mol. The second-order valence-corrected chi connectivity index (χ2v) is 6.40. The first kappa shape index (κ1) is 18.6. The van der Waals surface area contributed by atoms with Crippen molar-refractivity contribution in [3.8, 4) is 0 Å². The van der Waals surface area contributed by atoms with E-state index in [-0.39, 0.29) is 23.4 Å². The SMILES string of the molecule is Cc1c(Cl)cccc1Nc1ncnc(NC(C)c2ccccc2)c1[N+](=O)[O-]. The van der Waals surface area contributed by atoms with Gasteiger partial charge in [-0.15, -0.1) is 0 Å². The lowest BCUT2D eigenvalue weighted by Crippen LogP contribution is -2.12. The molecule has 8 heteroatoms. The molecule has 0 aliphatic rings. The second-order valence-electron chi connectivity index (χ2n) is 5.99. The zero-order chi connectivity index (χ0) is 19.4. The molecule has 0 bridgehead atoms. The van der Waals surface area contributed by atoms with Crippen LogP contribution in [0.5, 0.6) is 0 Å². The third-order valence-electron chi connectivity index (χ3n) is 4.18. The van der Waals surface area contributed by atoms with E-state index in [9.17, 15) is 10.1 Å². The summed E-state index contributed by atoms with van der Waals surface area (Å²) in [4.78, 5) is 19.4. The van der Waals surface area contributed by atoms with Crippen molar-refractivity contribution in [2.45, 2.75) is 19.9 Å². The Kier molecular flexibility index (Phi) is 5.52. The highest BCUT2D eigenvalue weighted by Crippen LogP contribution is 2.34. The van der Waals surface area contributed by atoms with Crippen molar-refractivity contribution in [3.05, 3.63) is 81.1 Å². The summed E-state index contributed by atoms with van der Waals surface area (Å²) < 4.78 is 0. The molecule has 0 saturated heterocycles. The number of benzene rings is 2. The number of nitro groups is 1. The van der Waals surface area contributed by atoms with Gasteiger partial charge in [-0.25, -0.2) is 9.97 Å². The number of rotatable bonds is 6. The van der Waals surface area contributed by atoms with E-state index in [1.54, 1.807) is 18.2 Å². The van der Waals surface area contributed by atoms with Gasteiger partial charge >= 0.3 is 5.69 Å². The van der Waals surface area contributed by atoms with Gasteiger partial charge in [-0.05, 0) is 37.1 Å². The fourth-order valence-electron chi connectivity index (χ4n) is 2.65. The fraction of sp³-hybridized carbons (Fsp3) is 0.158. The van der Waals surface area contributed by atoms with Gasteiger partial charge in [-0.1, -0.05) is 48.0 Å². The molecule has 0 amide bonds. The normalized spacial score (nSPS) is 11.7. The molecule has 27 heavy (non-hydrogen) atoms. The minimum Gasteiger partial charge on any atom is -0.358 e. The van der Waals surface area contributed by atoms with E-state index < -0.39 is 4.92 Å². The zero-order valence-corrected chi connectivity index (χ0v) is 15.6. The van der Waals surface area contributed by atoms with E-state index in [4.69, 9.17) is 11.6 Å². The smallest absolute Gasteiger partial charge is 0.353 e. The molecule has 0 radical (unpaired) electrons. The molecule has 0 saturated carbocycles. The number of hydrogen-bond donors (Lipinski definition) is 2. The highest BCUT2D eigenvalue weighted by atomic mass is 35.5. The van der Waals surface area contributed by atoms with Crippen molar-refractivity contribution in [2.24, 2.45) is 0 Å². The summed E-state index contributed by atoms with van der Waals surface area (Å²) >= 11 is 6.13. The number of anilines is 3. The van der Waals surface area contributed by atoms with Gasteiger partial charge in [0.1, 0.15) is 6.33 Å². The molecule has 0 aliphatic heterocycles. The Labute approximate surface area is 161 Å². The van der Waals surface area contributed by atoms with E-state index in [1.807, 2.05) is 44.2 Å². The summed E-state index contributed by atoms with van der Waals surface area (Å²) in [5, 5.41) is 18.4. The molecule has 1 unspecified atom stereocenters. The second kappa shape index (κ2) is 8.01. The molecule has 1 aromatic heterocycles. The lowest BCUT2D eigenvalue weighted by atomic mass is 10.1. The van der Waals surface area contributed by atoms with Crippen molar-refractivity contribution < 1.29 is 4.92 Å². The maximum absolute atomic E-state index is 11.7. The summed E-state index contributed by atoms with van der Waals surface area (Å²) in [5.74, 6) is 0.247. The number of halogens is 1. The summed E-state index contributed by atoms with van der Waals surface area (Å²) in [6.07, 6.45) is 1.29. The van der Waals surface area contributed by atoms with Crippen LogP contribution in [0.15, 0.2) is 54.9 Å². The molecule has 0 aliphatic carbocycles. The molecule has 3 aromatic rings. The van der Waals surface area contributed by atoms with Crippen molar-refractivity contribution in [3.63, 3.8) is 0 Å². The first-order valence-electron chi connectivity index (χ1n) is 8.30. The van der Waals surface area contributed by atoms with Crippen LogP contribution in [0.25, 0.3) is 0 Å². The van der Waals surface area contributed by atoms with Crippen molar-refractivity contribution in [1.82, 2.24) is 9.97 Å². The van der Waals surface area contributed by atoms with Crippen LogP contribution >= 0.6 is 11.6 Å². The van der Waals surface area contributed by atoms with Crippen LogP contribution in [0.3, 0.4) is 0 Å². The highest BCUT2D eigenvalue weighted by Gasteiger charge is 2.25. The average Bonchev–Trinajstić information content (AvgIpc) is 2.66. The summed E-state index contributed by atoms with van der Waals surface area (Å²) in [6, 6.07) is 14.8. The summed E-state index contributed by atoms with van der Waals surface area (Å²) in [6.45, 7) is 3.74. The maximum atomic E-state index is 11.7. The van der Waals surface area contributed by atoms with E-state index in [1.165, 1.54) is 6.33 Å². The molecule has 1 atom stereocenters. The number of aromatic nitrogens is 2. The van der Waals surface area contributed by atoms with Gasteiger partial charge in [-0.2, -0.15) is 0 Å². The maximum Gasteiger partial charge on any atom is 0.353 e. The lowest BCUT2D eigenvalue weighted by molar-refractivity contribution is -0.383. The van der Waals surface area contributed by atoms with Crippen LogP contribution in [-0.4, -0.2) is 14.9 Å². The first-order valence-corrected chi connectivity index (χ1v) is 8.68. The Hall–Kier alpha value is -3.19. The van der Waals surface area contributed by atoms with Crippen LogP contribution in [-0.2, 0) is 0 Å². The highest BCUT2D eigenvalue weighted by molar-refractivity contribution is 6.31. The average molecular weight is 384 g/mol. The predicted octanol–water partition coefficient (Wildman–Crippen LogP) is 5.26. The molecular weight excluding hydrogens is 366 g/mol. The molecule has 0 fully saturated rings. The number of nitrogens with one attached hydrogen (secondary N) is 2. The minimum atomic E-state index is -0.498. The van der Waals surface area contributed by atoms with Crippen molar-refractivity contribution in [2.75, 3.05) is 10.6 Å². The van der Waals surface area contributed by atoms with Crippen LogP contribution in [0.2, 0.25) is 5.02 Å². The third-order valence-corrected chi connectivity index (χ3v) is 4.59.